The summed E-state index contributed by atoms with van der Waals surface area (Å²) in [7, 11) is -4.03. The van der Waals surface area contributed by atoms with E-state index >= 15 is 0 Å². The number of rotatable bonds is 6. The van der Waals surface area contributed by atoms with Crippen LogP contribution in [0.3, 0.4) is 0 Å². The van der Waals surface area contributed by atoms with Crippen molar-refractivity contribution in [2.24, 2.45) is 16.1 Å². The highest BCUT2D eigenvalue weighted by Gasteiger charge is 2.32. The van der Waals surface area contributed by atoms with Gasteiger partial charge in [-0.3, -0.25) is 4.79 Å². The number of amides is 1. The number of thioether (sulfide) groups is 1. The summed E-state index contributed by atoms with van der Waals surface area (Å²) in [6.07, 6.45) is 1.45. The fourth-order valence-electron chi connectivity index (χ4n) is 3.24. The molecule has 32 heavy (non-hydrogen) atoms. The van der Waals surface area contributed by atoms with E-state index in [4.69, 9.17) is 4.18 Å². The quantitative estimate of drug-likeness (QED) is 0.333. The molecule has 0 bridgehead atoms. The zero-order chi connectivity index (χ0) is 22.7. The minimum Gasteiger partial charge on any atom is -0.378 e. The molecule has 0 spiro atoms. The number of fused-ring (bicyclic) bond motifs is 1. The summed E-state index contributed by atoms with van der Waals surface area (Å²) in [5.41, 5.74) is 0.474. The molecule has 1 fully saturated rings. The molecule has 7 nitrogen and oxygen atoms in total. The lowest BCUT2D eigenvalue weighted by atomic mass is 10.0. The summed E-state index contributed by atoms with van der Waals surface area (Å²) in [5, 5.41) is 12.8. The minimum absolute atomic E-state index is 0.0566. The molecule has 3 aromatic rings. The second-order valence-electron chi connectivity index (χ2n) is 7.47. The van der Waals surface area contributed by atoms with E-state index in [-0.39, 0.29) is 27.7 Å². The molecular formula is C23H21N3O4S2. The maximum Gasteiger partial charge on any atom is 0.339 e. The van der Waals surface area contributed by atoms with E-state index in [0.717, 1.165) is 10.8 Å². The molecule has 164 valence electrons. The maximum absolute atomic E-state index is 12.8. The van der Waals surface area contributed by atoms with Crippen LogP contribution in [0.5, 0.6) is 5.75 Å². The first-order valence-corrected chi connectivity index (χ1v) is 12.2. The van der Waals surface area contributed by atoms with Crippen LogP contribution in [0.2, 0.25) is 0 Å². The predicted octanol–water partition coefficient (Wildman–Crippen LogP) is 4.19. The van der Waals surface area contributed by atoms with Gasteiger partial charge < -0.3 is 9.50 Å². The number of benzene rings is 3. The highest BCUT2D eigenvalue weighted by atomic mass is 32.2. The number of nitrogens with one attached hydrogen (secondary N) is 1. The molecule has 0 unspecified atom stereocenters. The smallest absolute Gasteiger partial charge is 0.339 e. The highest BCUT2D eigenvalue weighted by molar-refractivity contribution is 8.15. The number of carbonyl (C=O) groups is 1. The van der Waals surface area contributed by atoms with Gasteiger partial charge in [-0.05, 0) is 34.9 Å². The van der Waals surface area contributed by atoms with E-state index in [9.17, 15) is 13.2 Å². The summed E-state index contributed by atoms with van der Waals surface area (Å²) >= 11 is 1.33. The fourth-order valence-corrected chi connectivity index (χ4v) is 5.14. The molecule has 1 aliphatic heterocycles. The molecule has 1 saturated heterocycles. The van der Waals surface area contributed by atoms with Crippen LogP contribution in [0.15, 0.2) is 81.8 Å². The van der Waals surface area contributed by atoms with Crippen LogP contribution in [-0.2, 0) is 14.9 Å². The number of amidine groups is 1. The molecule has 9 heteroatoms. The molecule has 1 atom stereocenters. The summed E-state index contributed by atoms with van der Waals surface area (Å²) in [6, 6.07) is 18.8. The van der Waals surface area contributed by atoms with Gasteiger partial charge in [0.2, 0.25) is 5.91 Å². The molecule has 0 aliphatic carbocycles. The Morgan fingerprint density at radius 2 is 1.75 bits per heavy atom. The molecule has 1 amide bonds. The first kappa shape index (κ1) is 22.0. The van der Waals surface area contributed by atoms with Crippen molar-refractivity contribution in [2.75, 3.05) is 0 Å². The zero-order valence-corrected chi connectivity index (χ0v) is 19.1. The van der Waals surface area contributed by atoms with Crippen LogP contribution in [0.1, 0.15) is 19.4 Å². The minimum atomic E-state index is -4.03. The van der Waals surface area contributed by atoms with Gasteiger partial charge in [-0.1, -0.05) is 74.1 Å². The first-order valence-electron chi connectivity index (χ1n) is 9.95. The normalized spacial score (nSPS) is 18.0. The van der Waals surface area contributed by atoms with Crippen LogP contribution in [-0.4, -0.2) is 31.0 Å². The molecule has 0 aromatic heterocycles. The summed E-state index contributed by atoms with van der Waals surface area (Å²) in [5.74, 6) is 0.208. The van der Waals surface area contributed by atoms with Crippen LogP contribution in [0, 0.1) is 5.92 Å². The largest absolute Gasteiger partial charge is 0.378 e. The second-order valence-corrected chi connectivity index (χ2v) is 10.1. The number of carbonyl (C=O) groups excluding carboxylic acids is 1. The molecule has 4 rings (SSSR count). The van der Waals surface area contributed by atoms with E-state index < -0.39 is 10.1 Å². The lowest BCUT2D eigenvalue weighted by Crippen LogP contribution is -2.27. The summed E-state index contributed by atoms with van der Waals surface area (Å²) in [6.45, 7) is 3.94. The Bertz CT molecular complexity index is 1320. The van der Waals surface area contributed by atoms with Gasteiger partial charge in [0.15, 0.2) is 10.9 Å². The SMILES string of the molecule is CC(C)[C@@H]1S/C(=N\N=C/c2c(OS(=O)(=O)c3ccccc3)ccc3ccccc23)NC1=O. The van der Waals surface area contributed by atoms with Crippen molar-refractivity contribution in [1.82, 2.24) is 5.32 Å². The first-order chi connectivity index (χ1) is 15.3. The molecule has 0 saturated carbocycles. The van der Waals surface area contributed by atoms with Crippen LogP contribution >= 0.6 is 11.8 Å². The number of hydrogen-bond acceptors (Lipinski definition) is 7. The average Bonchev–Trinajstić information content (AvgIpc) is 3.16. The fraction of sp³-hybridized carbons (Fsp3) is 0.174. The topological polar surface area (TPSA) is 97.2 Å². The van der Waals surface area contributed by atoms with Gasteiger partial charge in [0, 0.05) is 5.56 Å². The molecule has 3 aromatic carbocycles. The van der Waals surface area contributed by atoms with Crippen molar-refractivity contribution in [3.05, 3.63) is 72.3 Å². The van der Waals surface area contributed by atoms with Crippen LogP contribution < -0.4 is 9.50 Å². The third-order valence-corrected chi connectivity index (χ3v) is 7.50. The van der Waals surface area contributed by atoms with E-state index in [0.29, 0.717) is 10.7 Å². The molecule has 0 radical (unpaired) electrons. The van der Waals surface area contributed by atoms with Gasteiger partial charge in [0.05, 0.1) is 11.5 Å². The Balaban J connectivity index is 1.69. The van der Waals surface area contributed by atoms with Gasteiger partial charge in [0.1, 0.15) is 4.90 Å². The van der Waals surface area contributed by atoms with E-state index in [1.807, 2.05) is 38.1 Å². The summed E-state index contributed by atoms with van der Waals surface area (Å²) < 4.78 is 31.0. The third kappa shape index (κ3) is 4.68. The molecule has 1 aliphatic rings. The highest BCUT2D eigenvalue weighted by Crippen LogP contribution is 2.30. The maximum atomic E-state index is 12.8. The van der Waals surface area contributed by atoms with Crippen LogP contribution in [0.4, 0.5) is 0 Å². The van der Waals surface area contributed by atoms with E-state index in [1.165, 1.54) is 30.1 Å². The van der Waals surface area contributed by atoms with Crippen molar-refractivity contribution in [3.63, 3.8) is 0 Å². The number of nitrogens with zero attached hydrogens (tertiary/aromatic N) is 2. The zero-order valence-electron chi connectivity index (χ0n) is 17.4. The van der Waals surface area contributed by atoms with Crippen molar-refractivity contribution in [2.45, 2.75) is 24.0 Å². The average molecular weight is 468 g/mol. The Morgan fingerprint density at radius 3 is 2.47 bits per heavy atom. The standard InChI is InChI=1S/C23H21N3O4S2/c1-15(2)21-22(27)25-23(31-21)26-24-14-19-18-11-7-6-8-16(18)12-13-20(19)30-32(28,29)17-9-4-3-5-10-17/h3-15,21H,1-2H3,(H,25,26,27)/b24-14-/t21-/m0/s1. The Hall–Kier alpha value is -3.17. The second kappa shape index (κ2) is 9.13. The predicted molar refractivity (Wildman–Crippen MR) is 128 cm³/mol. The lowest BCUT2D eigenvalue weighted by Gasteiger charge is -2.11. The Kier molecular flexibility index (Phi) is 6.29. The third-order valence-electron chi connectivity index (χ3n) is 4.83. The van der Waals surface area contributed by atoms with Gasteiger partial charge in [0.25, 0.3) is 0 Å². The monoisotopic (exact) mass is 467 g/mol. The van der Waals surface area contributed by atoms with E-state index in [2.05, 4.69) is 15.5 Å². The van der Waals surface area contributed by atoms with Gasteiger partial charge >= 0.3 is 10.1 Å². The molecule has 1 heterocycles. The molecular weight excluding hydrogens is 446 g/mol. The van der Waals surface area contributed by atoms with Crippen molar-refractivity contribution < 1.29 is 17.4 Å². The van der Waals surface area contributed by atoms with Crippen molar-refractivity contribution >= 4 is 49.9 Å². The Morgan fingerprint density at radius 1 is 1.03 bits per heavy atom. The van der Waals surface area contributed by atoms with Gasteiger partial charge in [-0.15, -0.1) is 5.10 Å². The summed E-state index contributed by atoms with van der Waals surface area (Å²) in [4.78, 5) is 12.1. The van der Waals surface area contributed by atoms with E-state index in [1.54, 1.807) is 30.3 Å². The van der Waals surface area contributed by atoms with Gasteiger partial charge in [-0.2, -0.15) is 13.5 Å². The van der Waals surface area contributed by atoms with Crippen LogP contribution in [0.25, 0.3) is 10.8 Å². The van der Waals surface area contributed by atoms with Crippen molar-refractivity contribution in [3.8, 4) is 5.75 Å². The molecule has 1 N–H and O–H groups in total. The number of hydrogen-bond donors (Lipinski definition) is 1. The lowest BCUT2D eigenvalue weighted by molar-refractivity contribution is -0.119. The van der Waals surface area contributed by atoms with Crippen molar-refractivity contribution in [1.29, 1.82) is 0 Å². The Labute approximate surface area is 190 Å². The van der Waals surface area contributed by atoms with Gasteiger partial charge in [-0.25, -0.2) is 0 Å².